The van der Waals surface area contributed by atoms with E-state index in [9.17, 15) is 9.18 Å². The van der Waals surface area contributed by atoms with Crippen molar-refractivity contribution in [3.05, 3.63) is 35.4 Å². The number of likely N-dealkylation sites (tertiary alicyclic amines) is 1. The average molecular weight is 471 g/mol. The summed E-state index contributed by atoms with van der Waals surface area (Å²) in [7, 11) is 0. The second-order valence-corrected chi connectivity index (χ2v) is 10.4. The number of carbonyl (C=O) groups excluding carboxylic acids is 1. The fourth-order valence-electron chi connectivity index (χ4n) is 5.23. The van der Waals surface area contributed by atoms with Crippen LogP contribution < -0.4 is 9.64 Å². The zero-order valence-electron chi connectivity index (χ0n) is 20.2. The smallest absolute Gasteiger partial charge is 0.324 e. The van der Waals surface area contributed by atoms with Crippen LogP contribution in [0.5, 0.6) is 5.75 Å². The van der Waals surface area contributed by atoms with Gasteiger partial charge < -0.3 is 19.1 Å². The van der Waals surface area contributed by atoms with Crippen molar-refractivity contribution in [2.45, 2.75) is 58.3 Å². The van der Waals surface area contributed by atoms with Gasteiger partial charge in [-0.15, -0.1) is 0 Å². The summed E-state index contributed by atoms with van der Waals surface area (Å²) in [5.74, 6) is 3.17. The SMILES string of the molecule is CC(C)c1noc(N2CCC([C@H]3C[C@H]3CCOc3ccc(CC(=O)N4CCC4)cc3F)CC2)n1. The summed E-state index contributed by atoms with van der Waals surface area (Å²) in [5, 5.41) is 4.08. The van der Waals surface area contributed by atoms with E-state index in [4.69, 9.17) is 9.26 Å². The van der Waals surface area contributed by atoms with E-state index in [-0.39, 0.29) is 29.8 Å². The number of aromatic nitrogens is 2. The van der Waals surface area contributed by atoms with E-state index in [1.807, 2.05) is 4.90 Å². The fraction of sp³-hybridized carbons (Fsp3) is 0.654. The normalized spacial score (nSPS) is 22.7. The molecule has 3 aliphatic rings. The van der Waals surface area contributed by atoms with Crippen molar-refractivity contribution in [2.24, 2.45) is 17.8 Å². The van der Waals surface area contributed by atoms with Crippen LogP contribution in [0.15, 0.2) is 22.7 Å². The predicted molar refractivity (Wildman–Crippen MR) is 126 cm³/mol. The van der Waals surface area contributed by atoms with Crippen LogP contribution in [0.3, 0.4) is 0 Å². The minimum absolute atomic E-state index is 0.0716. The maximum Gasteiger partial charge on any atom is 0.324 e. The van der Waals surface area contributed by atoms with Crippen molar-refractivity contribution in [1.82, 2.24) is 15.0 Å². The maximum absolute atomic E-state index is 14.5. The monoisotopic (exact) mass is 470 g/mol. The first-order valence-corrected chi connectivity index (χ1v) is 12.8. The molecule has 34 heavy (non-hydrogen) atoms. The Hall–Kier alpha value is -2.64. The Morgan fingerprint density at radius 1 is 1.24 bits per heavy atom. The van der Waals surface area contributed by atoms with Crippen molar-refractivity contribution in [2.75, 3.05) is 37.7 Å². The molecule has 5 rings (SSSR count). The van der Waals surface area contributed by atoms with E-state index >= 15 is 0 Å². The molecule has 2 aromatic rings. The van der Waals surface area contributed by atoms with Gasteiger partial charge in [-0.05, 0) is 67.6 Å². The topological polar surface area (TPSA) is 71.7 Å². The molecular formula is C26H35FN4O3. The fourth-order valence-corrected chi connectivity index (χ4v) is 5.23. The summed E-state index contributed by atoms with van der Waals surface area (Å²) in [6.07, 6.45) is 5.81. The maximum atomic E-state index is 14.5. The second-order valence-electron chi connectivity index (χ2n) is 10.4. The van der Waals surface area contributed by atoms with Gasteiger partial charge in [0.05, 0.1) is 13.0 Å². The first-order valence-electron chi connectivity index (χ1n) is 12.8. The number of carbonyl (C=O) groups is 1. The molecule has 0 N–H and O–H groups in total. The third-order valence-electron chi connectivity index (χ3n) is 7.65. The third kappa shape index (κ3) is 5.20. The molecule has 1 aromatic carbocycles. The standard InChI is InChI=1S/C26H35FN4O3/c1-17(2)25-28-26(34-29-25)31-11-6-19(7-12-31)21-16-20(21)8-13-33-23-5-4-18(14-22(23)27)15-24(32)30-9-3-10-30/h4-5,14,17,19-21H,3,6-13,15-16H2,1-2H3/t20-,21-/m1/s1. The molecule has 8 heteroatoms. The number of benzene rings is 1. The molecule has 1 aliphatic carbocycles. The molecule has 0 spiro atoms. The van der Waals surface area contributed by atoms with Gasteiger partial charge >= 0.3 is 6.01 Å². The highest BCUT2D eigenvalue weighted by Crippen LogP contribution is 2.50. The van der Waals surface area contributed by atoms with Gasteiger partial charge in [0.2, 0.25) is 5.91 Å². The van der Waals surface area contributed by atoms with Gasteiger partial charge in [0.25, 0.3) is 0 Å². The average Bonchev–Trinajstić information content (AvgIpc) is 3.36. The molecule has 1 aromatic heterocycles. The van der Waals surface area contributed by atoms with Crippen molar-refractivity contribution in [1.29, 1.82) is 0 Å². The molecule has 3 fully saturated rings. The number of piperidine rings is 1. The van der Waals surface area contributed by atoms with Crippen molar-refractivity contribution in [3.8, 4) is 5.75 Å². The Kier molecular flexibility index (Phi) is 6.75. The number of hydrogen-bond donors (Lipinski definition) is 0. The van der Waals surface area contributed by atoms with Crippen LogP contribution in [0.25, 0.3) is 0 Å². The van der Waals surface area contributed by atoms with Gasteiger partial charge in [-0.25, -0.2) is 4.39 Å². The number of hydrogen-bond acceptors (Lipinski definition) is 6. The molecule has 1 amide bonds. The molecular weight excluding hydrogens is 435 g/mol. The summed E-state index contributed by atoms with van der Waals surface area (Å²) < 4.78 is 25.7. The highest BCUT2D eigenvalue weighted by atomic mass is 19.1. The second kappa shape index (κ2) is 9.92. The number of nitrogens with zero attached hydrogens (tertiary/aromatic N) is 4. The van der Waals surface area contributed by atoms with Gasteiger partial charge in [-0.3, -0.25) is 4.79 Å². The van der Waals surface area contributed by atoms with Crippen LogP contribution in [0.1, 0.15) is 63.3 Å². The largest absolute Gasteiger partial charge is 0.491 e. The van der Waals surface area contributed by atoms with Gasteiger partial charge in [-0.1, -0.05) is 25.1 Å². The zero-order valence-corrected chi connectivity index (χ0v) is 20.2. The van der Waals surface area contributed by atoms with Crippen molar-refractivity contribution >= 4 is 11.9 Å². The molecule has 0 bridgehead atoms. The number of halogens is 1. The van der Waals surface area contributed by atoms with Crippen molar-refractivity contribution in [3.63, 3.8) is 0 Å². The van der Waals surface area contributed by atoms with Crippen LogP contribution in [0.2, 0.25) is 0 Å². The van der Waals surface area contributed by atoms with E-state index < -0.39 is 0 Å². The molecule has 2 atom stereocenters. The Bertz CT molecular complexity index is 998. The van der Waals surface area contributed by atoms with Gasteiger partial charge in [0.1, 0.15) is 0 Å². The van der Waals surface area contributed by atoms with Crippen LogP contribution in [0, 0.1) is 23.6 Å². The van der Waals surface area contributed by atoms with Crippen LogP contribution in [0.4, 0.5) is 10.4 Å². The molecule has 0 radical (unpaired) electrons. The van der Waals surface area contributed by atoms with Gasteiger partial charge in [-0.2, -0.15) is 4.98 Å². The highest BCUT2D eigenvalue weighted by molar-refractivity contribution is 5.79. The van der Waals surface area contributed by atoms with E-state index in [1.54, 1.807) is 12.1 Å². The minimum atomic E-state index is -0.379. The quantitative estimate of drug-likeness (QED) is 0.540. The Morgan fingerprint density at radius 2 is 2.03 bits per heavy atom. The van der Waals surface area contributed by atoms with E-state index in [1.165, 1.54) is 12.5 Å². The summed E-state index contributed by atoms with van der Waals surface area (Å²) in [6.45, 7) is 8.23. The summed E-state index contributed by atoms with van der Waals surface area (Å²) >= 11 is 0. The Balaban J connectivity index is 1.02. The number of rotatable bonds is 9. The molecule has 7 nitrogen and oxygen atoms in total. The molecule has 184 valence electrons. The highest BCUT2D eigenvalue weighted by Gasteiger charge is 2.43. The lowest BCUT2D eigenvalue weighted by Crippen LogP contribution is -2.42. The Morgan fingerprint density at radius 3 is 2.68 bits per heavy atom. The number of ether oxygens (including phenoxy) is 1. The summed E-state index contributed by atoms with van der Waals surface area (Å²) in [4.78, 5) is 20.6. The van der Waals surface area contributed by atoms with Gasteiger partial charge in [0, 0.05) is 32.1 Å². The first kappa shape index (κ1) is 23.1. The lowest BCUT2D eigenvalue weighted by Gasteiger charge is -2.31. The summed E-state index contributed by atoms with van der Waals surface area (Å²) in [5.41, 5.74) is 0.705. The minimum Gasteiger partial charge on any atom is -0.491 e. The lowest BCUT2D eigenvalue weighted by atomic mass is 9.90. The lowest BCUT2D eigenvalue weighted by molar-refractivity contribution is -0.133. The number of anilines is 1. The van der Waals surface area contributed by atoms with Crippen molar-refractivity contribution < 1.29 is 18.4 Å². The Labute approximate surface area is 200 Å². The summed E-state index contributed by atoms with van der Waals surface area (Å²) in [6, 6.07) is 5.56. The van der Waals surface area contributed by atoms with Gasteiger partial charge in [0.15, 0.2) is 17.4 Å². The van der Waals surface area contributed by atoms with Crippen LogP contribution in [-0.4, -0.2) is 53.7 Å². The zero-order chi connectivity index (χ0) is 23.7. The van der Waals surface area contributed by atoms with Crippen LogP contribution in [-0.2, 0) is 11.2 Å². The molecule has 0 unspecified atom stereocenters. The predicted octanol–water partition coefficient (Wildman–Crippen LogP) is 4.43. The molecule has 2 aliphatic heterocycles. The van der Waals surface area contributed by atoms with E-state index in [2.05, 4.69) is 28.9 Å². The van der Waals surface area contributed by atoms with E-state index in [0.717, 1.165) is 69.5 Å². The number of amides is 1. The third-order valence-corrected chi connectivity index (χ3v) is 7.65. The first-order chi connectivity index (χ1) is 16.5. The molecule has 1 saturated carbocycles. The van der Waals surface area contributed by atoms with E-state index in [0.29, 0.717) is 24.1 Å². The molecule has 3 heterocycles. The van der Waals surface area contributed by atoms with Crippen LogP contribution >= 0.6 is 0 Å². The molecule has 2 saturated heterocycles.